The van der Waals surface area contributed by atoms with Gasteiger partial charge in [0.25, 0.3) is 11.5 Å². The molecule has 0 saturated carbocycles. The Balaban J connectivity index is 1.91. The number of fused-ring (bicyclic) bond motifs is 1. The fraction of sp³-hybridized carbons (Fsp3) is 0.158. The van der Waals surface area contributed by atoms with Gasteiger partial charge in [-0.2, -0.15) is 0 Å². The highest BCUT2D eigenvalue weighted by molar-refractivity contribution is 9.10. The fourth-order valence-electron chi connectivity index (χ4n) is 2.77. The van der Waals surface area contributed by atoms with Gasteiger partial charge in [0.15, 0.2) is 11.5 Å². The van der Waals surface area contributed by atoms with Gasteiger partial charge in [-0.3, -0.25) is 19.0 Å². The normalized spacial score (nSPS) is 10.6. The predicted octanol–water partition coefficient (Wildman–Crippen LogP) is 1.91. The third-order valence-corrected chi connectivity index (χ3v) is 4.66. The number of nitrogens with two attached hydrogens (primary N) is 1. The molecule has 0 aliphatic carbocycles. The zero-order valence-electron chi connectivity index (χ0n) is 15.6. The number of rotatable bonds is 6. The van der Waals surface area contributed by atoms with Crippen LogP contribution in [-0.2, 0) is 11.3 Å². The number of nitrogens with one attached hydrogen (secondary N) is 1. The number of halogens is 1. The molecule has 3 N–H and O–H groups in total. The van der Waals surface area contributed by atoms with Gasteiger partial charge in [-0.15, -0.1) is 0 Å². The van der Waals surface area contributed by atoms with Crippen LogP contribution in [0.5, 0.6) is 11.5 Å². The first-order valence-corrected chi connectivity index (χ1v) is 9.13. The van der Waals surface area contributed by atoms with Gasteiger partial charge in [0, 0.05) is 10.5 Å². The minimum Gasteiger partial charge on any atom is -0.493 e. The standard InChI is InChI=1S/C19H17BrN4O5/c1-28-15-6-11(18(21)26)14(7-16(15)29-2)23-17(25)8-24-9-22-13-4-3-10(20)5-12(13)19(24)27/h3-7,9H,8H2,1-2H3,(H2,21,26)(H,23,25). The van der Waals surface area contributed by atoms with E-state index in [9.17, 15) is 14.4 Å². The summed E-state index contributed by atoms with van der Waals surface area (Å²) in [6.45, 7) is -0.305. The van der Waals surface area contributed by atoms with Crippen LogP contribution in [0.4, 0.5) is 5.69 Å². The highest BCUT2D eigenvalue weighted by Gasteiger charge is 2.17. The second-order valence-corrected chi connectivity index (χ2v) is 6.92. The van der Waals surface area contributed by atoms with E-state index in [2.05, 4.69) is 26.2 Å². The van der Waals surface area contributed by atoms with Crippen molar-refractivity contribution in [3.8, 4) is 11.5 Å². The Labute approximate surface area is 173 Å². The topological polar surface area (TPSA) is 126 Å². The lowest BCUT2D eigenvalue weighted by atomic mass is 10.1. The number of ether oxygens (including phenoxy) is 2. The number of aromatic nitrogens is 2. The van der Waals surface area contributed by atoms with E-state index >= 15 is 0 Å². The molecule has 0 unspecified atom stereocenters. The first-order valence-electron chi connectivity index (χ1n) is 8.34. The quantitative estimate of drug-likeness (QED) is 0.578. The Bertz CT molecular complexity index is 1180. The number of hydrogen-bond acceptors (Lipinski definition) is 6. The lowest BCUT2D eigenvalue weighted by molar-refractivity contribution is -0.116. The van der Waals surface area contributed by atoms with Gasteiger partial charge >= 0.3 is 0 Å². The molecule has 9 nitrogen and oxygen atoms in total. The summed E-state index contributed by atoms with van der Waals surface area (Å²) >= 11 is 3.31. The molecule has 0 saturated heterocycles. The Hall–Kier alpha value is -3.40. The van der Waals surface area contributed by atoms with Crippen LogP contribution in [-0.4, -0.2) is 35.6 Å². The van der Waals surface area contributed by atoms with Gasteiger partial charge in [0.2, 0.25) is 5.91 Å². The average Bonchev–Trinajstić information content (AvgIpc) is 2.69. The molecule has 1 aromatic heterocycles. The summed E-state index contributed by atoms with van der Waals surface area (Å²) < 4.78 is 12.2. The van der Waals surface area contributed by atoms with Gasteiger partial charge in [-0.05, 0) is 24.3 Å². The lowest BCUT2D eigenvalue weighted by Gasteiger charge is -2.14. The van der Waals surface area contributed by atoms with E-state index in [1.54, 1.807) is 18.2 Å². The van der Waals surface area contributed by atoms with Crippen molar-refractivity contribution >= 4 is 44.3 Å². The van der Waals surface area contributed by atoms with E-state index < -0.39 is 11.8 Å². The van der Waals surface area contributed by atoms with Crippen LogP contribution >= 0.6 is 15.9 Å². The first kappa shape index (κ1) is 20.3. The number of benzene rings is 2. The SMILES string of the molecule is COc1cc(NC(=O)Cn2cnc3ccc(Br)cc3c2=O)c(C(N)=O)cc1OC. The number of carbonyl (C=O) groups excluding carboxylic acids is 2. The third-order valence-electron chi connectivity index (χ3n) is 4.16. The summed E-state index contributed by atoms with van der Waals surface area (Å²) in [5, 5.41) is 2.95. The van der Waals surface area contributed by atoms with Crippen LogP contribution in [0.2, 0.25) is 0 Å². The maximum atomic E-state index is 12.6. The summed E-state index contributed by atoms with van der Waals surface area (Å²) in [5.74, 6) is -0.698. The minimum atomic E-state index is -0.754. The molecule has 0 aliphatic heterocycles. The Morgan fingerprint density at radius 2 is 1.86 bits per heavy atom. The van der Waals surface area contributed by atoms with Crippen molar-refractivity contribution in [1.29, 1.82) is 0 Å². The molecule has 2 amide bonds. The molecule has 0 aliphatic rings. The van der Waals surface area contributed by atoms with E-state index in [-0.39, 0.29) is 23.4 Å². The van der Waals surface area contributed by atoms with Crippen LogP contribution in [0, 0.1) is 0 Å². The first-order chi connectivity index (χ1) is 13.8. The second-order valence-electron chi connectivity index (χ2n) is 6.00. The van der Waals surface area contributed by atoms with E-state index in [1.165, 1.54) is 37.2 Å². The Morgan fingerprint density at radius 3 is 2.52 bits per heavy atom. The molecular weight excluding hydrogens is 444 g/mol. The van der Waals surface area contributed by atoms with E-state index in [4.69, 9.17) is 15.2 Å². The van der Waals surface area contributed by atoms with Gasteiger partial charge in [0.05, 0.1) is 42.7 Å². The molecule has 0 fully saturated rings. The van der Waals surface area contributed by atoms with Crippen LogP contribution < -0.4 is 26.1 Å². The van der Waals surface area contributed by atoms with Crippen molar-refractivity contribution in [3.05, 3.63) is 57.0 Å². The second kappa shape index (κ2) is 8.31. The molecule has 2 aromatic carbocycles. The largest absolute Gasteiger partial charge is 0.493 e. The van der Waals surface area contributed by atoms with Crippen molar-refractivity contribution in [2.45, 2.75) is 6.54 Å². The van der Waals surface area contributed by atoms with Gasteiger partial charge in [-0.1, -0.05) is 15.9 Å². The predicted molar refractivity (Wildman–Crippen MR) is 110 cm³/mol. The van der Waals surface area contributed by atoms with Crippen molar-refractivity contribution in [3.63, 3.8) is 0 Å². The molecule has 3 rings (SSSR count). The van der Waals surface area contributed by atoms with Gasteiger partial charge < -0.3 is 20.5 Å². The van der Waals surface area contributed by atoms with Crippen molar-refractivity contribution in [1.82, 2.24) is 9.55 Å². The zero-order chi connectivity index (χ0) is 21.1. The lowest BCUT2D eigenvalue weighted by Crippen LogP contribution is -2.28. The number of anilines is 1. The molecule has 0 radical (unpaired) electrons. The van der Waals surface area contributed by atoms with Crippen LogP contribution in [0.15, 0.2) is 45.9 Å². The summed E-state index contributed by atoms with van der Waals surface area (Å²) in [6.07, 6.45) is 1.29. The van der Waals surface area contributed by atoms with Gasteiger partial charge in [-0.25, -0.2) is 4.98 Å². The number of hydrogen-bond donors (Lipinski definition) is 2. The maximum absolute atomic E-state index is 12.6. The average molecular weight is 461 g/mol. The molecule has 0 bridgehead atoms. The number of nitrogens with zero attached hydrogens (tertiary/aromatic N) is 2. The molecule has 0 spiro atoms. The number of methoxy groups -OCH3 is 2. The summed E-state index contributed by atoms with van der Waals surface area (Å²) in [4.78, 5) is 41.1. The third kappa shape index (κ3) is 4.21. The zero-order valence-corrected chi connectivity index (χ0v) is 17.1. The van der Waals surface area contributed by atoms with E-state index in [1.807, 2.05) is 0 Å². The van der Waals surface area contributed by atoms with Crippen LogP contribution in [0.3, 0.4) is 0 Å². The molecule has 0 atom stereocenters. The number of carbonyl (C=O) groups is 2. The van der Waals surface area contributed by atoms with Crippen molar-refractivity contribution in [2.75, 3.05) is 19.5 Å². The maximum Gasteiger partial charge on any atom is 0.261 e. The molecule has 10 heteroatoms. The van der Waals surface area contributed by atoms with Crippen LogP contribution in [0.25, 0.3) is 10.9 Å². The monoisotopic (exact) mass is 460 g/mol. The van der Waals surface area contributed by atoms with Gasteiger partial charge in [0.1, 0.15) is 6.54 Å². The van der Waals surface area contributed by atoms with Crippen molar-refractivity contribution in [2.24, 2.45) is 5.73 Å². The summed E-state index contributed by atoms with van der Waals surface area (Å²) in [5.41, 5.74) is 5.74. The van der Waals surface area contributed by atoms with Crippen molar-refractivity contribution < 1.29 is 19.1 Å². The van der Waals surface area contributed by atoms with Crippen LogP contribution in [0.1, 0.15) is 10.4 Å². The molecule has 1 heterocycles. The summed E-state index contributed by atoms with van der Waals surface area (Å²) in [6, 6.07) is 7.91. The molecule has 29 heavy (non-hydrogen) atoms. The van der Waals surface area contributed by atoms with E-state index in [0.29, 0.717) is 22.4 Å². The Kier molecular flexibility index (Phi) is 5.83. The highest BCUT2D eigenvalue weighted by atomic mass is 79.9. The van der Waals surface area contributed by atoms with E-state index in [0.717, 1.165) is 4.47 Å². The smallest absolute Gasteiger partial charge is 0.261 e. The molecular formula is C19H17BrN4O5. The minimum absolute atomic E-state index is 0.0453. The highest BCUT2D eigenvalue weighted by Crippen LogP contribution is 2.33. The Morgan fingerprint density at radius 1 is 1.17 bits per heavy atom. The fourth-order valence-corrected chi connectivity index (χ4v) is 3.14. The summed E-state index contributed by atoms with van der Waals surface area (Å²) in [7, 11) is 2.84. The number of amides is 2. The molecule has 3 aromatic rings. The number of primary amides is 1. The molecule has 150 valence electrons.